The molecule has 0 aliphatic rings. The molecule has 0 saturated heterocycles. The lowest BCUT2D eigenvalue weighted by Gasteiger charge is -2.14. The van der Waals surface area contributed by atoms with Crippen molar-refractivity contribution in [2.75, 3.05) is 25.6 Å². The molecular weight excluding hydrogens is 416 g/mol. The molecule has 0 heterocycles. The van der Waals surface area contributed by atoms with Crippen LogP contribution in [0.2, 0.25) is 5.02 Å². The van der Waals surface area contributed by atoms with Crippen LogP contribution in [0.25, 0.3) is 0 Å². The summed E-state index contributed by atoms with van der Waals surface area (Å²) in [5.41, 5.74) is 0.278. The van der Waals surface area contributed by atoms with Gasteiger partial charge in [-0.2, -0.15) is 0 Å². The van der Waals surface area contributed by atoms with Gasteiger partial charge in [0.05, 0.1) is 22.1 Å². The fraction of sp³-hybridized carbons (Fsp3) is 0.300. The van der Waals surface area contributed by atoms with E-state index in [1.54, 1.807) is 0 Å². The van der Waals surface area contributed by atoms with E-state index < -0.39 is 15.7 Å². The van der Waals surface area contributed by atoms with E-state index in [1.165, 1.54) is 49.6 Å². The van der Waals surface area contributed by atoms with Gasteiger partial charge in [0.2, 0.25) is 15.7 Å². The van der Waals surface area contributed by atoms with E-state index in [0.29, 0.717) is 24.6 Å². The molecule has 0 radical (unpaired) electrons. The Morgan fingerprint density at radius 2 is 1.79 bits per heavy atom. The lowest BCUT2D eigenvalue weighted by molar-refractivity contribution is -0.116. The second kappa shape index (κ2) is 10.4. The summed E-state index contributed by atoms with van der Waals surface area (Å²) >= 11 is 5.85. The molecule has 0 atom stereocenters. The number of amides is 2. The Balaban J connectivity index is 2.45. The molecule has 0 unspecified atom stereocenters. The third-order valence-corrected chi connectivity index (χ3v) is 6.08. The monoisotopic (exact) mass is 438 g/mol. The molecule has 0 saturated carbocycles. The first-order valence-corrected chi connectivity index (χ1v) is 10.9. The minimum atomic E-state index is -3.94. The quantitative estimate of drug-likeness (QED) is 0.585. The maximum atomic E-state index is 13.1. The molecule has 0 aliphatic carbocycles. The molecule has 0 fully saturated rings. The fourth-order valence-electron chi connectivity index (χ4n) is 2.55. The smallest absolute Gasteiger partial charge is 0.251 e. The van der Waals surface area contributed by atoms with E-state index >= 15 is 0 Å². The van der Waals surface area contributed by atoms with Crippen LogP contribution in [-0.2, 0) is 19.4 Å². The van der Waals surface area contributed by atoms with Crippen LogP contribution in [-0.4, -0.2) is 40.5 Å². The zero-order valence-corrected chi connectivity index (χ0v) is 17.8. The van der Waals surface area contributed by atoms with Gasteiger partial charge in [-0.05, 0) is 48.9 Å². The van der Waals surface area contributed by atoms with E-state index in [0.717, 1.165) is 0 Å². The Morgan fingerprint density at radius 3 is 2.41 bits per heavy atom. The zero-order chi connectivity index (χ0) is 21.4. The standard InChI is InChI=1S/C20H23ClN2O5S/c1-3-4-19(24)23-17-13-14(20(25)22-11-12-28-2)5-10-18(17)29(26,27)16-8-6-15(21)7-9-16/h5-10,13H,3-4,11-12H2,1-2H3,(H,22,25)(H,23,24). The molecule has 2 aromatic carbocycles. The normalized spacial score (nSPS) is 11.1. The lowest BCUT2D eigenvalue weighted by atomic mass is 10.1. The highest BCUT2D eigenvalue weighted by molar-refractivity contribution is 7.91. The van der Waals surface area contributed by atoms with Crippen molar-refractivity contribution in [3.63, 3.8) is 0 Å². The molecule has 7 nitrogen and oxygen atoms in total. The average molecular weight is 439 g/mol. The Morgan fingerprint density at radius 1 is 1.10 bits per heavy atom. The number of ether oxygens (including phenoxy) is 1. The molecular formula is C20H23ClN2O5S. The number of hydrogen-bond donors (Lipinski definition) is 2. The van der Waals surface area contributed by atoms with Crippen LogP contribution in [0.15, 0.2) is 52.3 Å². The Kier molecular flexibility index (Phi) is 8.19. The maximum absolute atomic E-state index is 13.1. The number of sulfone groups is 1. The summed E-state index contributed by atoms with van der Waals surface area (Å²) in [6.07, 6.45) is 0.826. The summed E-state index contributed by atoms with van der Waals surface area (Å²) in [6, 6.07) is 9.81. The van der Waals surface area contributed by atoms with Crippen molar-refractivity contribution in [1.82, 2.24) is 5.32 Å². The lowest BCUT2D eigenvalue weighted by Crippen LogP contribution is -2.27. The number of methoxy groups -OCH3 is 1. The molecule has 2 N–H and O–H groups in total. The van der Waals surface area contributed by atoms with E-state index in [9.17, 15) is 18.0 Å². The summed E-state index contributed by atoms with van der Waals surface area (Å²) < 4.78 is 31.1. The van der Waals surface area contributed by atoms with Gasteiger partial charge in [0.15, 0.2) is 0 Å². The minimum Gasteiger partial charge on any atom is -0.383 e. The molecule has 0 spiro atoms. The Hall–Kier alpha value is -2.42. The highest BCUT2D eigenvalue weighted by Crippen LogP contribution is 2.29. The van der Waals surface area contributed by atoms with Gasteiger partial charge in [-0.1, -0.05) is 18.5 Å². The fourth-order valence-corrected chi connectivity index (χ4v) is 4.07. The maximum Gasteiger partial charge on any atom is 0.251 e. The van der Waals surface area contributed by atoms with Gasteiger partial charge in [0, 0.05) is 30.7 Å². The third kappa shape index (κ3) is 6.03. The van der Waals surface area contributed by atoms with Crippen molar-refractivity contribution in [1.29, 1.82) is 0 Å². The van der Waals surface area contributed by atoms with Crippen molar-refractivity contribution in [2.45, 2.75) is 29.6 Å². The highest BCUT2D eigenvalue weighted by Gasteiger charge is 2.23. The van der Waals surface area contributed by atoms with Gasteiger partial charge in [-0.15, -0.1) is 0 Å². The van der Waals surface area contributed by atoms with Gasteiger partial charge in [-0.25, -0.2) is 8.42 Å². The summed E-state index contributed by atoms with van der Waals surface area (Å²) in [5, 5.41) is 5.68. The van der Waals surface area contributed by atoms with E-state index in [4.69, 9.17) is 16.3 Å². The van der Waals surface area contributed by atoms with Crippen molar-refractivity contribution < 1.29 is 22.7 Å². The number of halogens is 1. The van der Waals surface area contributed by atoms with Crippen molar-refractivity contribution >= 4 is 38.9 Å². The molecule has 0 aliphatic heterocycles. The van der Waals surface area contributed by atoms with Gasteiger partial charge >= 0.3 is 0 Å². The number of hydrogen-bond acceptors (Lipinski definition) is 5. The van der Waals surface area contributed by atoms with Crippen molar-refractivity contribution in [3.05, 3.63) is 53.1 Å². The predicted octanol–water partition coefficient (Wildman–Crippen LogP) is 3.29. The molecule has 2 aromatic rings. The first-order valence-electron chi connectivity index (χ1n) is 9.01. The summed E-state index contributed by atoms with van der Waals surface area (Å²) in [7, 11) is -2.42. The van der Waals surface area contributed by atoms with Crippen LogP contribution >= 0.6 is 11.6 Å². The number of rotatable bonds is 9. The van der Waals surface area contributed by atoms with E-state index in [-0.39, 0.29) is 33.4 Å². The van der Waals surface area contributed by atoms with Gasteiger partial charge in [0.25, 0.3) is 5.91 Å². The second-order valence-corrected chi connectivity index (χ2v) is 8.57. The van der Waals surface area contributed by atoms with Crippen LogP contribution in [0, 0.1) is 0 Å². The molecule has 0 aromatic heterocycles. The topological polar surface area (TPSA) is 102 Å². The van der Waals surface area contributed by atoms with Crippen LogP contribution in [0.1, 0.15) is 30.1 Å². The highest BCUT2D eigenvalue weighted by atomic mass is 35.5. The zero-order valence-electron chi connectivity index (χ0n) is 16.2. The van der Waals surface area contributed by atoms with Gasteiger partial charge < -0.3 is 15.4 Å². The third-order valence-electron chi connectivity index (χ3n) is 4.00. The number of anilines is 1. The van der Waals surface area contributed by atoms with Crippen LogP contribution < -0.4 is 10.6 Å². The summed E-state index contributed by atoms with van der Waals surface area (Å²) in [5.74, 6) is -0.736. The SMILES string of the molecule is CCCC(=O)Nc1cc(C(=O)NCCOC)ccc1S(=O)(=O)c1ccc(Cl)cc1. The van der Waals surface area contributed by atoms with E-state index in [1.807, 2.05) is 6.92 Å². The number of carbonyl (C=O) groups is 2. The van der Waals surface area contributed by atoms with Gasteiger partial charge in [-0.3, -0.25) is 9.59 Å². The number of nitrogens with one attached hydrogen (secondary N) is 2. The predicted molar refractivity (Wildman–Crippen MR) is 111 cm³/mol. The van der Waals surface area contributed by atoms with E-state index in [2.05, 4.69) is 10.6 Å². The van der Waals surface area contributed by atoms with Crippen LogP contribution in [0.4, 0.5) is 5.69 Å². The Bertz CT molecular complexity index is 975. The van der Waals surface area contributed by atoms with Gasteiger partial charge in [0.1, 0.15) is 0 Å². The molecule has 2 amide bonds. The van der Waals surface area contributed by atoms with Crippen LogP contribution in [0.3, 0.4) is 0 Å². The first-order chi connectivity index (χ1) is 13.8. The van der Waals surface area contributed by atoms with Crippen molar-refractivity contribution in [3.8, 4) is 0 Å². The molecule has 2 rings (SSSR count). The minimum absolute atomic E-state index is 0.0326. The summed E-state index contributed by atoms with van der Waals surface area (Å²) in [4.78, 5) is 24.4. The molecule has 9 heteroatoms. The Labute approximate surface area is 175 Å². The number of benzene rings is 2. The first kappa shape index (κ1) is 22.9. The molecule has 0 bridgehead atoms. The largest absolute Gasteiger partial charge is 0.383 e. The number of carbonyl (C=O) groups excluding carboxylic acids is 2. The van der Waals surface area contributed by atoms with Crippen molar-refractivity contribution in [2.24, 2.45) is 0 Å². The average Bonchev–Trinajstić information content (AvgIpc) is 2.68. The second-order valence-electron chi connectivity index (χ2n) is 6.22. The van der Waals surface area contributed by atoms with Crippen LogP contribution in [0.5, 0.6) is 0 Å². The summed E-state index contributed by atoms with van der Waals surface area (Å²) in [6.45, 7) is 2.48. The molecule has 156 valence electrons. The molecule has 29 heavy (non-hydrogen) atoms.